The van der Waals surface area contributed by atoms with Gasteiger partial charge in [-0.1, -0.05) is 35.5 Å². The maximum Gasteiger partial charge on any atom is 0.230 e. The van der Waals surface area contributed by atoms with E-state index < -0.39 is 0 Å². The maximum atomic E-state index is 12.9. The predicted molar refractivity (Wildman–Crippen MR) is 102 cm³/mol. The Morgan fingerprint density at radius 1 is 1.16 bits per heavy atom. The Balaban J connectivity index is 1.51. The maximum absolute atomic E-state index is 12.9. The lowest BCUT2D eigenvalue weighted by molar-refractivity contribution is -0.115. The smallest absolute Gasteiger partial charge is 0.230 e. The first kappa shape index (κ1) is 17.9. The van der Waals surface area contributed by atoms with E-state index in [1.54, 1.807) is 11.8 Å². The van der Waals surface area contributed by atoms with Gasteiger partial charge in [-0.2, -0.15) is 0 Å². The minimum Gasteiger partial charge on any atom is -0.326 e. The van der Waals surface area contributed by atoms with Crippen molar-refractivity contribution in [2.45, 2.75) is 16.5 Å². The van der Waals surface area contributed by atoms with Crippen LogP contribution in [0.3, 0.4) is 0 Å². The molecule has 0 bridgehead atoms. The lowest BCUT2D eigenvalue weighted by Gasteiger charge is -2.03. The average Bonchev–Trinajstić information content (AvgIpc) is 3.04. The second-order valence-corrected chi connectivity index (χ2v) is 7.77. The third kappa shape index (κ3) is 5.56. The molecule has 3 aromatic rings. The number of halogens is 2. The van der Waals surface area contributed by atoms with Crippen LogP contribution >= 0.6 is 34.7 Å². The van der Waals surface area contributed by atoms with E-state index in [-0.39, 0.29) is 18.1 Å². The summed E-state index contributed by atoms with van der Waals surface area (Å²) in [5.41, 5.74) is 2.46. The van der Waals surface area contributed by atoms with Crippen LogP contribution < -0.4 is 5.32 Å². The molecule has 0 aliphatic heterocycles. The molecule has 0 aliphatic rings. The van der Waals surface area contributed by atoms with E-state index in [1.165, 1.54) is 41.2 Å². The van der Waals surface area contributed by atoms with Gasteiger partial charge in [-0.15, -0.1) is 11.3 Å². The second kappa shape index (κ2) is 8.47. The van der Waals surface area contributed by atoms with Crippen LogP contribution in [0.2, 0.25) is 5.02 Å². The number of rotatable bonds is 6. The quantitative estimate of drug-likeness (QED) is 0.570. The number of thioether (sulfide) groups is 1. The molecule has 3 rings (SSSR count). The Hall–Kier alpha value is -1.89. The number of aromatic nitrogens is 1. The summed E-state index contributed by atoms with van der Waals surface area (Å²) in [5.74, 6) is 0.289. The molecule has 1 heterocycles. The Labute approximate surface area is 158 Å². The summed E-state index contributed by atoms with van der Waals surface area (Å²) >= 11 is 9.02. The molecule has 0 aliphatic carbocycles. The summed E-state index contributed by atoms with van der Waals surface area (Å²) in [7, 11) is 0. The van der Waals surface area contributed by atoms with Crippen molar-refractivity contribution in [3.05, 3.63) is 76.0 Å². The number of nitrogens with zero attached hydrogens (tertiary/aromatic N) is 1. The molecule has 0 saturated heterocycles. The predicted octanol–water partition coefficient (Wildman–Crippen LogP) is 5.41. The third-order valence-corrected chi connectivity index (χ3v) is 5.67. The number of hydrogen-bond acceptors (Lipinski definition) is 4. The SMILES string of the molecule is O=C(Cc1csc(SCc2ccc(Cl)cc2)n1)Nc1ccc(F)cc1. The van der Waals surface area contributed by atoms with Crippen molar-refractivity contribution in [3.8, 4) is 0 Å². The standard InChI is InChI=1S/C18H14ClFN2OS2/c19-13-3-1-12(2-4-13)10-24-18-22-16(11-25-18)9-17(23)21-15-7-5-14(20)6-8-15/h1-8,11H,9-10H2,(H,21,23). The number of thiazole rings is 1. The van der Waals surface area contributed by atoms with E-state index >= 15 is 0 Å². The van der Waals surface area contributed by atoms with Crippen LogP contribution in [0.4, 0.5) is 10.1 Å². The van der Waals surface area contributed by atoms with Crippen molar-refractivity contribution in [1.29, 1.82) is 0 Å². The Morgan fingerprint density at radius 3 is 2.60 bits per heavy atom. The lowest BCUT2D eigenvalue weighted by atomic mass is 10.2. The first-order valence-electron chi connectivity index (χ1n) is 7.45. The molecule has 1 N–H and O–H groups in total. The first-order chi connectivity index (χ1) is 12.1. The van der Waals surface area contributed by atoms with Crippen LogP contribution in [-0.2, 0) is 17.0 Å². The zero-order chi connectivity index (χ0) is 17.6. The van der Waals surface area contributed by atoms with Gasteiger partial charge >= 0.3 is 0 Å². The first-order valence-corrected chi connectivity index (χ1v) is 9.70. The highest BCUT2D eigenvalue weighted by Crippen LogP contribution is 2.27. The van der Waals surface area contributed by atoms with Crippen molar-refractivity contribution in [2.75, 3.05) is 5.32 Å². The van der Waals surface area contributed by atoms with Crippen molar-refractivity contribution in [1.82, 2.24) is 4.98 Å². The van der Waals surface area contributed by atoms with Crippen LogP contribution in [0.1, 0.15) is 11.3 Å². The number of amides is 1. The average molecular weight is 393 g/mol. The molecule has 3 nitrogen and oxygen atoms in total. The third-order valence-electron chi connectivity index (χ3n) is 3.28. The molecular weight excluding hydrogens is 379 g/mol. The van der Waals surface area contributed by atoms with Gasteiger partial charge in [0.25, 0.3) is 0 Å². The van der Waals surface area contributed by atoms with E-state index in [0.29, 0.717) is 5.69 Å². The van der Waals surface area contributed by atoms with Gasteiger partial charge in [0.15, 0.2) is 0 Å². The number of hydrogen-bond donors (Lipinski definition) is 1. The summed E-state index contributed by atoms with van der Waals surface area (Å²) < 4.78 is 13.8. The molecule has 0 spiro atoms. The molecule has 0 radical (unpaired) electrons. The van der Waals surface area contributed by atoms with Crippen LogP contribution in [0.5, 0.6) is 0 Å². The van der Waals surface area contributed by atoms with E-state index in [4.69, 9.17) is 11.6 Å². The molecule has 0 unspecified atom stereocenters. The van der Waals surface area contributed by atoms with Gasteiger partial charge in [-0.3, -0.25) is 4.79 Å². The van der Waals surface area contributed by atoms with Gasteiger partial charge < -0.3 is 5.32 Å². The van der Waals surface area contributed by atoms with E-state index in [9.17, 15) is 9.18 Å². The highest BCUT2D eigenvalue weighted by atomic mass is 35.5. The summed E-state index contributed by atoms with van der Waals surface area (Å²) in [6, 6.07) is 13.4. The van der Waals surface area contributed by atoms with Gasteiger partial charge in [0.1, 0.15) is 10.2 Å². The number of nitrogens with one attached hydrogen (secondary N) is 1. The largest absolute Gasteiger partial charge is 0.326 e. The Morgan fingerprint density at radius 2 is 1.88 bits per heavy atom. The minimum absolute atomic E-state index is 0.175. The number of benzene rings is 2. The molecule has 0 saturated carbocycles. The fraction of sp³-hybridized carbons (Fsp3) is 0.111. The topological polar surface area (TPSA) is 42.0 Å². The Kier molecular flexibility index (Phi) is 6.07. The van der Waals surface area contributed by atoms with E-state index in [0.717, 1.165) is 20.8 Å². The molecule has 2 aromatic carbocycles. The second-order valence-electron chi connectivity index (χ2n) is 5.25. The van der Waals surface area contributed by atoms with Crippen molar-refractivity contribution < 1.29 is 9.18 Å². The van der Waals surface area contributed by atoms with E-state index in [2.05, 4.69) is 10.3 Å². The molecule has 7 heteroatoms. The molecular formula is C18H14ClFN2OS2. The fourth-order valence-corrected chi connectivity index (χ4v) is 3.99. The monoisotopic (exact) mass is 392 g/mol. The van der Waals surface area contributed by atoms with Gasteiger partial charge in [0, 0.05) is 21.8 Å². The molecule has 1 aromatic heterocycles. The summed E-state index contributed by atoms with van der Waals surface area (Å²) in [6.07, 6.45) is 0.190. The van der Waals surface area contributed by atoms with Gasteiger partial charge in [-0.05, 0) is 42.0 Å². The summed E-state index contributed by atoms with van der Waals surface area (Å²) in [4.78, 5) is 16.5. The number of carbonyl (C=O) groups is 1. The zero-order valence-electron chi connectivity index (χ0n) is 13.0. The van der Waals surface area contributed by atoms with Gasteiger partial charge in [-0.25, -0.2) is 9.37 Å². The normalized spacial score (nSPS) is 10.6. The highest BCUT2D eigenvalue weighted by Gasteiger charge is 2.09. The lowest BCUT2D eigenvalue weighted by Crippen LogP contribution is -2.14. The highest BCUT2D eigenvalue weighted by molar-refractivity contribution is 8.00. The van der Waals surface area contributed by atoms with Crippen LogP contribution in [0, 0.1) is 5.82 Å². The molecule has 0 atom stereocenters. The molecule has 1 amide bonds. The van der Waals surface area contributed by atoms with Gasteiger partial charge in [0.05, 0.1) is 12.1 Å². The van der Waals surface area contributed by atoms with E-state index in [1.807, 2.05) is 29.6 Å². The molecule has 0 fully saturated rings. The zero-order valence-corrected chi connectivity index (χ0v) is 15.4. The summed E-state index contributed by atoms with van der Waals surface area (Å²) in [5, 5.41) is 5.33. The number of anilines is 1. The van der Waals surface area contributed by atoms with Crippen LogP contribution in [-0.4, -0.2) is 10.9 Å². The van der Waals surface area contributed by atoms with Gasteiger partial charge in [0.2, 0.25) is 5.91 Å². The minimum atomic E-state index is -0.333. The molecule has 128 valence electrons. The van der Waals surface area contributed by atoms with Crippen LogP contribution in [0.15, 0.2) is 58.3 Å². The number of carbonyl (C=O) groups excluding carboxylic acids is 1. The van der Waals surface area contributed by atoms with Crippen molar-refractivity contribution >= 4 is 46.3 Å². The Bertz CT molecular complexity index is 850. The fourth-order valence-electron chi connectivity index (χ4n) is 2.06. The molecule has 25 heavy (non-hydrogen) atoms. The van der Waals surface area contributed by atoms with Crippen LogP contribution in [0.25, 0.3) is 0 Å². The van der Waals surface area contributed by atoms with Crippen molar-refractivity contribution in [2.24, 2.45) is 0 Å². The van der Waals surface area contributed by atoms with Crippen molar-refractivity contribution in [3.63, 3.8) is 0 Å². The summed E-state index contributed by atoms with van der Waals surface area (Å²) in [6.45, 7) is 0.